The van der Waals surface area contributed by atoms with Gasteiger partial charge in [0.25, 0.3) is 0 Å². The highest BCUT2D eigenvalue weighted by Crippen LogP contribution is 2.04. The molecule has 0 aromatic carbocycles. The van der Waals surface area contributed by atoms with Crippen LogP contribution >= 0.6 is 0 Å². The van der Waals surface area contributed by atoms with Crippen molar-refractivity contribution < 1.29 is 9.59 Å². The van der Waals surface area contributed by atoms with Crippen LogP contribution in [0.2, 0.25) is 0 Å². The van der Waals surface area contributed by atoms with Crippen LogP contribution in [-0.2, 0) is 9.59 Å². The van der Waals surface area contributed by atoms with Gasteiger partial charge in [-0.3, -0.25) is 14.5 Å². The first-order chi connectivity index (χ1) is 4.24. The van der Waals surface area contributed by atoms with Crippen molar-refractivity contribution in [1.82, 2.24) is 4.90 Å². The Kier molecular flexibility index (Phi) is 1.48. The Morgan fingerprint density at radius 3 is 2.67 bits per heavy atom. The molecule has 4 nitrogen and oxygen atoms in total. The molecule has 1 aliphatic heterocycles. The van der Waals surface area contributed by atoms with Crippen molar-refractivity contribution >= 4 is 12.3 Å². The molecule has 0 radical (unpaired) electrons. The summed E-state index contributed by atoms with van der Waals surface area (Å²) < 4.78 is 0. The summed E-state index contributed by atoms with van der Waals surface area (Å²) in [6.45, 7) is 0.377. The molecule has 1 fully saturated rings. The molecule has 0 aromatic rings. The highest BCUT2D eigenvalue weighted by molar-refractivity contribution is 5.88. The average Bonchev–Trinajstić information content (AvgIpc) is 2.10. The van der Waals surface area contributed by atoms with E-state index in [1.807, 2.05) is 0 Å². The molecule has 1 heterocycles. The summed E-state index contributed by atoms with van der Waals surface area (Å²) in [5, 5.41) is 0. The average molecular weight is 128 g/mol. The topological polar surface area (TPSA) is 63.4 Å². The first-order valence-electron chi connectivity index (χ1n) is 2.74. The third-order valence-corrected chi connectivity index (χ3v) is 1.32. The summed E-state index contributed by atoms with van der Waals surface area (Å²) in [7, 11) is 0. The zero-order valence-electron chi connectivity index (χ0n) is 4.91. The van der Waals surface area contributed by atoms with Gasteiger partial charge < -0.3 is 5.73 Å². The maximum absolute atomic E-state index is 10.6. The predicted octanol–water partition coefficient (Wildman–Crippen LogP) is -1.30. The number of hydrogen-bond donors (Lipinski definition) is 1. The lowest BCUT2D eigenvalue weighted by Gasteiger charge is -2.02. The molecular weight excluding hydrogens is 120 g/mol. The number of nitrogens with zero attached hydrogens (tertiary/aromatic N) is 1. The van der Waals surface area contributed by atoms with E-state index >= 15 is 0 Å². The summed E-state index contributed by atoms with van der Waals surface area (Å²) in [4.78, 5) is 21.7. The van der Waals surface area contributed by atoms with Crippen LogP contribution in [0.5, 0.6) is 0 Å². The van der Waals surface area contributed by atoms with Crippen LogP contribution in [0.25, 0.3) is 0 Å². The van der Waals surface area contributed by atoms with Crippen molar-refractivity contribution in [3.63, 3.8) is 0 Å². The molecule has 0 aliphatic carbocycles. The maximum Gasteiger partial charge on any atom is 0.230 e. The second kappa shape index (κ2) is 2.14. The van der Waals surface area contributed by atoms with Gasteiger partial charge in [-0.2, -0.15) is 0 Å². The molecular formula is C5H8N2O2. The van der Waals surface area contributed by atoms with Crippen molar-refractivity contribution in [1.29, 1.82) is 0 Å². The van der Waals surface area contributed by atoms with Crippen molar-refractivity contribution in [3.8, 4) is 0 Å². The van der Waals surface area contributed by atoms with Crippen LogP contribution in [0.4, 0.5) is 0 Å². The molecule has 1 atom stereocenters. The fraction of sp³-hybridized carbons (Fsp3) is 0.600. The fourth-order valence-electron chi connectivity index (χ4n) is 0.862. The van der Waals surface area contributed by atoms with Crippen LogP contribution in [0.3, 0.4) is 0 Å². The van der Waals surface area contributed by atoms with Crippen LogP contribution in [0.1, 0.15) is 6.42 Å². The zero-order chi connectivity index (χ0) is 6.85. The van der Waals surface area contributed by atoms with Gasteiger partial charge in [0.15, 0.2) is 0 Å². The van der Waals surface area contributed by atoms with Crippen LogP contribution in [-0.4, -0.2) is 29.8 Å². The fourth-order valence-corrected chi connectivity index (χ4v) is 0.862. The van der Waals surface area contributed by atoms with Crippen molar-refractivity contribution in [3.05, 3.63) is 0 Å². The Morgan fingerprint density at radius 1 is 1.78 bits per heavy atom. The minimum absolute atomic E-state index is 0.150. The molecule has 0 bridgehead atoms. The molecule has 1 aliphatic rings. The van der Waals surface area contributed by atoms with Crippen LogP contribution in [0, 0.1) is 0 Å². The predicted molar refractivity (Wildman–Crippen MR) is 30.4 cm³/mol. The van der Waals surface area contributed by atoms with Crippen molar-refractivity contribution in [2.45, 2.75) is 12.5 Å². The first kappa shape index (κ1) is 6.22. The van der Waals surface area contributed by atoms with Crippen LogP contribution in [0.15, 0.2) is 0 Å². The molecule has 2 amide bonds. The van der Waals surface area contributed by atoms with E-state index in [1.54, 1.807) is 0 Å². The van der Waals surface area contributed by atoms with Gasteiger partial charge in [0.05, 0.1) is 0 Å². The lowest BCUT2D eigenvalue weighted by Crippen LogP contribution is -2.26. The highest BCUT2D eigenvalue weighted by atomic mass is 16.2. The monoisotopic (exact) mass is 128 g/mol. The summed E-state index contributed by atoms with van der Waals surface area (Å²) in [6, 6.07) is -0.150. The van der Waals surface area contributed by atoms with E-state index in [9.17, 15) is 9.59 Å². The zero-order valence-corrected chi connectivity index (χ0v) is 4.91. The minimum Gasteiger partial charge on any atom is -0.326 e. The summed E-state index contributed by atoms with van der Waals surface area (Å²) in [5.74, 6) is -0.169. The Labute approximate surface area is 52.6 Å². The first-order valence-corrected chi connectivity index (χ1v) is 2.74. The second-order valence-electron chi connectivity index (χ2n) is 2.12. The van der Waals surface area contributed by atoms with Gasteiger partial charge in [-0.15, -0.1) is 0 Å². The Balaban J connectivity index is 2.57. The SMILES string of the molecule is NC1CC(=O)N(C=O)C1. The number of carbonyl (C=O) groups is 2. The molecule has 0 spiro atoms. The number of carbonyl (C=O) groups excluding carboxylic acids is 2. The van der Waals surface area contributed by atoms with Gasteiger partial charge in [-0.25, -0.2) is 0 Å². The number of imide groups is 1. The second-order valence-corrected chi connectivity index (χ2v) is 2.12. The normalized spacial score (nSPS) is 27.0. The van der Waals surface area contributed by atoms with Gasteiger partial charge in [-0.1, -0.05) is 0 Å². The number of rotatable bonds is 1. The molecule has 1 unspecified atom stereocenters. The minimum atomic E-state index is -0.169. The molecule has 2 N–H and O–H groups in total. The van der Waals surface area contributed by atoms with Crippen LogP contribution < -0.4 is 5.73 Å². The van der Waals surface area contributed by atoms with E-state index in [0.29, 0.717) is 19.4 Å². The molecule has 4 heteroatoms. The van der Waals surface area contributed by atoms with E-state index in [1.165, 1.54) is 0 Å². The van der Waals surface area contributed by atoms with Crippen molar-refractivity contribution in [2.75, 3.05) is 6.54 Å². The van der Waals surface area contributed by atoms with Gasteiger partial charge in [0, 0.05) is 19.0 Å². The molecule has 1 rings (SSSR count). The summed E-state index contributed by atoms with van der Waals surface area (Å²) in [5.41, 5.74) is 5.37. The van der Waals surface area contributed by atoms with E-state index in [2.05, 4.69) is 0 Å². The number of amides is 2. The van der Waals surface area contributed by atoms with Gasteiger partial charge >= 0.3 is 0 Å². The molecule has 0 saturated carbocycles. The maximum atomic E-state index is 10.6. The Morgan fingerprint density at radius 2 is 2.44 bits per heavy atom. The number of likely N-dealkylation sites (tertiary alicyclic amines) is 1. The highest BCUT2D eigenvalue weighted by Gasteiger charge is 2.25. The molecule has 1 saturated heterocycles. The molecule has 50 valence electrons. The third-order valence-electron chi connectivity index (χ3n) is 1.32. The summed E-state index contributed by atoms with van der Waals surface area (Å²) >= 11 is 0. The Hall–Kier alpha value is -0.900. The summed E-state index contributed by atoms with van der Waals surface area (Å²) in [6.07, 6.45) is 0.827. The third kappa shape index (κ3) is 1.08. The van der Waals surface area contributed by atoms with E-state index in [0.717, 1.165) is 4.90 Å². The Bertz CT molecular complexity index is 146. The standard InChI is InChI=1S/C5H8N2O2/c6-4-1-5(9)7(2-4)3-8/h3-4H,1-2,6H2. The van der Waals surface area contributed by atoms with Gasteiger partial charge in [0.2, 0.25) is 12.3 Å². The van der Waals surface area contributed by atoms with E-state index in [-0.39, 0.29) is 11.9 Å². The van der Waals surface area contributed by atoms with E-state index < -0.39 is 0 Å². The number of nitrogens with two attached hydrogens (primary N) is 1. The lowest BCUT2D eigenvalue weighted by molar-refractivity contribution is -0.134. The lowest BCUT2D eigenvalue weighted by atomic mass is 10.3. The van der Waals surface area contributed by atoms with Gasteiger partial charge in [0.1, 0.15) is 0 Å². The number of hydrogen-bond acceptors (Lipinski definition) is 3. The molecule has 0 aromatic heterocycles. The quantitative estimate of drug-likeness (QED) is 0.446. The van der Waals surface area contributed by atoms with Gasteiger partial charge in [-0.05, 0) is 0 Å². The van der Waals surface area contributed by atoms with Crippen molar-refractivity contribution in [2.24, 2.45) is 5.73 Å². The smallest absolute Gasteiger partial charge is 0.230 e. The molecule has 9 heavy (non-hydrogen) atoms. The largest absolute Gasteiger partial charge is 0.326 e. The van der Waals surface area contributed by atoms with E-state index in [4.69, 9.17) is 5.73 Å².